The largest absolute Gasteiger partial charge is 0.343 e. The third kappa shape index (κ3) is 5.62. The van der Waals surface area contributed by atoms with Gasteiger partial charge in [-0.15, -0.1) is 0 Å². The topological polar surface area (TPSA) is 40.3 Å². The van der Waals surface area contributed by atoms with Gasteiger partial charge < -0.3 is 4.53 Å². The van der Waals surface area contributed by atoms with E-state index in [1.165, 1.54) is 5.34 Å². The van der Waals surface area contributed by atoms with Crippen molar-refractivity contribution in [3.05, 3.63) is 4.91 Å². The Labute approximate surface area is 43.7 Å². The van der Waals surface area contributed by atoms with Crippen molar-refractivity contribution in [3.63, 3.8) is 0 Å². The molecule has 7 heavy (non-hydrogen) atoms. The SMILES string of the molecule is C[Si](C)(C)O[NH+]=O. The molecule has 0 aromatic heterocycles. The third-order valence-electron chi connectivity index (χ3n) is 0.348. The highest BCUT2D eigenvalue weighted by atomic mass is 28.4. The maximum Gasteiger partial charge on any atom is 0.343 e. The first-order valence-corrected chi connectivity index (χ1v) is 5.52. The van der Waals surface area contributed by atoms with Crippen molar-refractivity contribution in [1.29, 1.82) is 0 Å². The van der Waals surface area contributed by atoms with Crippen LogP contribution in [0.15, 0.2) is 0 Å². The van der Waals surface area contributed by atoms with E-state index < -0.39 is 8.32 Å². The zero-order chi connectivity index (χ0) is 5.91. The molecule has 0 rings (SSSR count). The van der Waals surface area contributed by atoms with Crippen LogP contribution in [0.5, 0.6) is 0 Å². The highest BCUT2D eigenvalue weighted by Gasteiger charge is 2.20. The third-order valence-corrected chi connectivity index (χ3v) is 1.04. The fourth-order valence-corrected chi connectivity index (χ4v) is 0.375. The molecular formula is C3H10NO2Si+. The quantitative estimate of drug-likeness (QED) is 0.398. The van der Waals surface area contributed by atoms with E-state index in [1.807, 2.05) is 19.6 Å². The Morgan fingerprint density at radius 2 is 1.86 bits per heavy atom. The monoisotopic (exact) mass is 120 g/mol. The predicted molar refractivity (Wildman–Crippen MR) is 28.8 cm³/mol. The molecule has 0 bridgehead atoms. The molecule has 0 amide bonds. The average Bonchev–Trinajstić information content (AvgIpc) is 1.30. The molecule has 0 saturated heterocycles. The molecule has 0 aromatic carbocycles. The van der Waals surface area contributed by atoms with Gasteiger partial charge in [0.15, 0.2) is 5.34 Å². The van der Waals surface area contributed by atoms with Crippen molar-refractivity contribution in [3.8, 4) is 0 Å². The summed E-state index contributed by atoms with van der Waals surface area (Å²) < 4.78 is 4.56. The van der Waals surface area contributed by atoms with Crippen LogP contribution < -0.4 is 5.34 Å². The second-order valence-corrected chi connectivity index (χ2v) is 6.73. The van der Waals surface area contributed by atoms with Gasteiger partial charge >= 0.3 is 8.32 Å². The smallest absolute Gasteiger partial charge is 0.309 e. The van der Waals surface area contributed by atoms with E-state index in [9.17, 15) is 4.91 Å². The minimum absolute atomic E-state index is 1.42. The standard InChI is InChI=1S/C3H10NO2Si/c1-7(2,3)6-4-5/h4H,1-3H3/q+1. The molecule has 3 nitrogen and oxygen atoms in total. The molecule has 4 heteroatoms. The number of hydrogen-bond acceptors (Lipinski definition) is 2. The second kappa shape index (κ2) is 2.06. The summed E-state index contributed by atoms with van der Waals surface area (Å²) in [7, 11) is -1.58. The van der Waals surface area contributed by atoms with E-state index in [4.69, 9.17) is 0 Å². The van der Waals surface area contributed by atoms with Crippen LogP contribution in [0.3, 0.4) is 0 Å². The first-order valence-electron chi connectivity index (χ1n) is 2.11. The normalized spacial score (nSPS) is 10.7. The van der Waals surface area contributed by atoms with Gasteiger partial charge in [0.05, 0.1) is 4.91 Å². The highest BCUT2D eigenvalue weighted by Crippen LogP contribution is 1.94. The molecule has 0 fully saturated rings. The summed E-state index contributed by atoms with van der Waals surface area (Å²) in [6, 6.07) is 0. The van der Waals surface area contributed by atoms with Crippen LogP contribution in [-0.2, 0) is 4.53 Å². The summed E-state index contributed by atoms with van der Waals surface area (Å²) in [5.74, 6) is 0. The first kappa shape index (κ1) is 6.62. The molecule has 0 aliphatic heterocycles. The van der Waals surface area contributed by atoms with Crippen molar-refractivity contribution in [2.45, 2.75) is 19.6 Å². The van der Waals surface area contributed by atoms with Gasteiger partial charge in [-0.05, 0) is 19.6 Å². The summed E-state index contributed by atoms with van der Waals surface area (Å²) in [4.78, 5) is 9.51. The van der Waals surface area contributed by atoms with E-state index in [-0.39, 0.29) is 0 Å². The molecule has 42 valence electrons. The molecule has 0 spiro atoms. The van der Waals surface area contributed by atoms with Gasteiger partial charge in [0.2, 0.25) is 0 Å². The molecule has 1 N–H and O–H groups in total. The Kier molecular flexibility index (Phi) is 1.95. The van der Waals surface area contributed by atoms with Crippen LogP contribution in [-0.4, -0.2) is 8.32 Å². The summed E-state index contributed by atoms with van der Waals surface area (Å²) in [5.41, 5.74) is 0. The maximum absolute atomic E-state index is 9.51. The summed E-state index contributed by atoms with van der Waals surface area (Å²) in [6.45, 7) is 5.79. The van der Waals surface area contributed by atoms with Crippen molar-refractivity contribution in [1.82, 2.24) is 0 Å². The molecule has 0 radical (unpaired) electrons. The van der Waals surface area contributed by atoms with Crippen LogP contribution in [0.25, 0.3) is 0 Å². The zero-order valence-electron chi connectivity index (χ0n) is 4.82. The number of hydrogen-bond donors (Lipinski definition) is 1. The lowest BCUT2D eigenvalue weighted by molar-refractivity contribution is -0.732. The Hall–Kier alpha value is -0.383. The van der Waals surface area contributed by atoms with E-state index in [0.717, 1.165) is 0 Å². The van der Waals surface area contributed by atoms with E-state index in [1.54, 1.807) is 0 Å². The van der Waals surface area contributed by atoms with Crippen molar-refractivity contribution in [2.24, 2.45) is 0 Å². The van der Waals surface area contributed by atoms with Crippen LogP contribution in [0.1, 0.15) is 0 Å². The molecular weight excluding hydrogens is 110 g/mol. The fourth-order valence-electron chi connectivity index (χ4n) is 0.125. The minimum atomic E-state index is -1.58. The number of rotatable bonds is 2. The highest BCUT2D eigenvalue weighted by molar-refractivity contribution is 6.69. The van der Waals surface area contributed by atoms with Gasteiger partial charge in [0, 0.05) is 0 Å². The van der Waals surface area contributed by atoms with Gasteiger partial charge in [-0.2, -0.15) is 0 Å². The lowest BCUT2D eigenvalue weighted by atomic mass is 11.8. The zero-order valence-corrected chi connectivity index (χ0v) is 5.82. The van der Waals surface area contributed by atoms with Gasteiger partial charge in [-0.1, -0.05) is 0 Å². The van der Waals surface area contributed by atoms with Gasteiger partial charge in [-0.25, -0.2) is 0 Å². The lowest BCUT2D eigenvalue weighted by Crippen LogP contribution is -2.68. The number of nitrogens with one attached hydrogen (secondary N) is 1. The maximum atomic E-state index is 9.51. The van der Waals surface area contributed by atoms with Crippen molar-refractivity contribution < 1.29 is 9.87 Å². The predicted octanol–water partition coefficient (Wildman–Crippen LogP) is -0.400. The fraction of sp³-hybridized carbons (Fsp3) is 1.00. The minimum Gasteiger partial charge on any atom is -0.309 e. The van der Waals surface area contributed by atoms with Crippen LogP contribution in [0.2, 0.25) is 19.6 Å². The van der Waals surface area contributed by atoms with Crippen LogP contribution in [0, 0.1) is 4.91 Å². The Bertz CT molecular complexity index is 67.8. The molecule has 0 unspecified atom stereocenters. The van der Waals surface area contributed by atoms with E-state index in [2.05, 4.69) is 4.53 Å². The second-order valence-electron chi connectivity index (χ2n) is 2.30. The van der Waals surface area contributed by atoms with Crippen molar-refractivity contribution in [2.75, 3.05) is 0 Å². The molecule has 0 heterocycles. The lowest BCUT2D eigenvalue weighted by Gasteiger charge is -2.01. The Morgan fingerprint density at radius 3 is 1.86 bits per heavy atom. The summed E-state index contributed by atoms with van der Waals surface area (Å²) in [6.07, 6.45) is 0. The van der Waals surface area contributed by atoms with E-state index in [0.29, 0.717) is 0 Å². The summed E-state index contributed by atoms with van der Waals surface area (Å²) in [5, 5.41) is 1.42. The van der Waals surface area contributed by atoms with Crippen molar-refractivity contribution >= 4 is 8.32 Å². The molecule has 0 aliphatic carbocycles. The molecule has 0 atom stereocenters. The Balaban J connectivity index is 3.34. The molecule has 0 aliphatic rings. The van der Waals surface area contributed by atoms with E-state index >= 15 is 0 Å². The van der Waals surface area contributed by atoms with Gasteiger partial charge in [0.1, 0.15) is 0 Å². The van der Waals surface area contributed by atoms with Gasteiger partial charge in [-0.3, -0.25) is 0 Å². The van der Waals surface area contributed by atoms with Gasteiger partial charge in [0.25, 0.3) is 0 Å². The average molecular weight is 120 g/mol. The van der Waals surface area contributed by atoms with Crippen LogP contribution >= 0.6 is 0 Å². The molecule has 0 aromatic rings. The molecule has 0 saturated carbocycles. The van der Waals surface area contributed by atoms with Crippen LogP contribution in [0.4, 0.5) is 0 Å². The first-order chi connectivity index (χ1) is 3.06. The summed E-state index contributed by atoms with van der Waals surface area (Å²) >= 11 is 0. The Morgan fingerprint density at radius 1 is 1.43 bits per heavy atom.